The van der Waals surface area contributed by atoms with E-state index >= 15 is 0 Å². The summed E-state index contributed by atoms with van der Waals surface area (Å²) < 4.78 is 0. The molecular weight excluding hydrogens is 140 g/mol. The summed E-state index contributed by atoms with van der Waals surface area (Å²) in [6.07, 6.45) is 7.02. The van der Waals surface area contributed by atoms with E-state index in [4.69, 9.17) is 5.11 Å². The SMILES string of the molecule is CCC1C=CN(CCO)N=C1. The van der Waals surface area contributed by atoms with Crippen LogP contribution in [0.4, 0.5) is 0 Å². The predicted molar refractivity (Wildman–Crippen MR) is 45.2 cm³/mol. The summed E-state index contributed by atoms with van der Waals surface area (Å²) in [5, 5.41) is 14.5. The molecule has 1 unspecified atom stereocenters. The van der Waals surface area contributed by atoms with Gasteiger partial charge in [0.2, 0.25) is 0 Å². The van der Waals surface area contributed by atoms with Crippen molar-refractivity contribution in [1.29, 1.82) is 0 Å². The van der Waals surface area contributed by atoms with Gasteiger partial charge in [-0.3, -0.25) is 5.01 Å². The molecule has 0 aromatic carbocycles. The zero-order valence-electron chi connectivity index (χ0n) is 6.77. The Labute approximate surface area is 67.0 Å². The molecule has 11 heavy (non-hydrogen) atoms. The molecule has 1 rings (SSSR count). The van der Waals surface area contributed by atoms with E-state index in [1.54, 1.807) is 5.01 Å². The monoisotopic (exact) mass is 154 g/mol. The van der Waals surface area contributed by atoms with Crippen LogP contribution in [0.1, 0.15) is 13.3 Å². The van der Waals surface area contributed by atoms with Crippen LogP contribution in [0.5, 0.6) is 0 Å². The van der Waals surface area contributed by atoms with Crippen molar-refractivity contribution in [1.82, 2.24) is 5.01 Å². The minimum Gasteiger partial charge on any atom is -0.394 e. The van der Waals surface area contributed by atoms with Gasteiger partial charge in [-0.1, -0.05) is 13.0 Å². The van der Waals surface area contributed by atoms with Gasteiger partial charge >= 0.3 is 0 Å². The summed E-state index contributed by atoms with van der Waals surface area (Å²) in [5.41, 5.74) is 0. The number of aliphatic hydroxyl groups is 1. The van der Waals surface area contributed by atoms with E-state index in [1.165, 1.54) is 0 Å². The van der Waals surface area contributed by atoms with Gasteiger partial charge in [0.25, 0.3) is 0 Å². The second-order valence-electron chi connectivity index (χ2n) is 2.56. The maximum Gasteiger partial charge on any atom is 0.0640 e. The van der Waals surface area contributed by atoms with Crippen molar-refractivity contribution in [3.05, 3.63) is 12.3 Å². The molecule has 1 heterocycles. The van der Waals surface area contributed by atoms with E-state index in [9.17, 15) is 0 Å². The molecule has 0 aromatic rings. The van der Waals surface area contributed by atoms with Crippen molar-refractivity contribution in [3.63, 3.8) is 0 Å². The molecule has 3 heteroatoms. The molecule has 0 amide bonds. The molecule has 0 aliphatic carbocycles. The summed E-state index contributed by atoms with van der Waals surface area (Å²) in [5.74, 6) is 0.477. The molecule has 0 saturated carbocycles. The molecule has 1 atom stereocenters. The first-order valence-corrected chi connectivity index (χ1v) is 3.96. The van der Waals surface area contributed by atoms with Crippen LogP contribution in [0, 0.1) is 5.92 Å². The van der Waals surface area contributed by atoms with E-state index in [0.29, 0.717) is 12.5 Å². The Morgan fingerprint density at radius 1 is 1.64 bits per heavy atom. The van der Waals surface area contributed by atoms with E-state index in [1.807, 2.05) is 12.4 Å². The van der Waals surface area contributed by atoms with Crippen LogP contribution in [0.2, 0.25) is 0 Å². The number of β-amino-alcohol motifs (C(OH)–C–C–N with tert-alkyl or cyclic N) is 1. The molecule has 0 saturated heterocycles. The van der Waals surface area contributed by atoms with Crippen LogP contribution in [-0.2, 0) is 0 Å². The summed E-state index contributed by atoms with van der Waals surface area (Å²) in [4.78, 5) is 0. The Bertz CT molecular complexity index is 151. The van der Waals surface area contributed by atoms with Crippen molar-refractivity contribution in [2.75, 3.05) is 13.2 Å². The lowest BCUT2D eigenvalue weighted by molar-refractivity contribution is 0.239. The fraction of sp³-hybridized carbons (Fsp3) is 0.625. The highest BCUT2D eigenvalue weighted by atomic mass is 16.3. The van der Waals surface area contributed by atoms with E-state index in [0.717, 1.165) is 6.42 Å². The summed E-state index contributed by atoms with van der Waals surface area (Å²) in [6.45, 7) is 2.87. The quantitative estimate of drug-likeness (QED) is 0.653. The Hall–Kier alpha value is -0.830. The summed E-state index contributed by atoms with van der Waals surface area (Å²) in [7, 11) is 0. The first-order chi connectivity index (χ1) is 5.36. The van der Waals surface area contributed by atoms with Crippen LogP contribution in [0.15, 0.2) is 17.4 Å². The number of hydrogen-bond donors (Lipinski definition) is 1. The van der Waals surface area contributed by atoms with E-state index in [-0.39, 0.29) is 6.61 Å². The summed E-state index contributed by atoms with van der Waals surface area (Å²) in [6, 6.07) is 0. The maximum absolute atomic E-state index is 8.59. The van der Waals surface area contributed by atoms with Crippen LogP contribution < -0.4 is 0 Å². The van der Waals surface area contributed by atoms with Crippen molar-refractivity contribution >= 4 is 6.21 Å². The smallest absolute Gasteiger partial charge is 0.0640 e. The van der Waals surface area contributed by atoms with Gasteiger partial charge in [0, 0.05) is 18.3 Å². The van der Waals surface area contributed by atoms with Gasteiger partial charge in [-0.2, -0.15) is 5.10 Å². The molecule has 0 fully saturated rings. The molecule has 1 aliphatic heterocycles. The third-order valence-corrected chi connectivity index (χ3v) is 1.71. The lowest BCUT2D eigenvalue weighted by atomic mass is 10.1. The van der Waals surface area contributed by atoms with E-state index in [2.05, 4.69) is 18.1 Å². The summed E-state index contributed by atoms with van der Waals surface area (Å²) >= 11 is 0. The largest absolute Gasteiger partial charge is 0.394 e. The third-order valence-electron chi connectivity index (χ3n) is 1.71. The van der Waals surface area contributed by atoms with Gasteiger partial charge in [0.1, 0.15) is 0 Å². The molecule has 0 bridgehead atoms. The zero-order valence-corrected chi connectivity index (χ0v) is 6.77. The Morgan fingerprint density at radius 3 is 2.91 bits per heavy atom. The molecule has 1 aliphatic rings. The fourth-order valence-electron chi connectivity index (χ4n) is 0.946. The average molecular weight is 154 g/mol. The normalized spacial score (nSPS) is 22.7. The second-order valence-corrected chi connectivity index (χ2v) is 2.56. The predicted octanol–water partition coefficient (Wildman–Crippen LogP) is 0.820. The number of allylic oxidation sites excluding steroid dienone is 1. The zero-order chi connectivity index (χ0) is 8.10. The van der Waals surface area contributed by atoms with Crippen LogP contribution in [-0.4, -0.2) is 29.5 Å². The second kappa shape index (κ2) is 4.13. The average Bonchev–Trinajstić information content (AvgIpc) is 2.07. The standard InChI is InChI=1S/C8H14N2O/c1-2-8-3-4-10(5-6-11)9-7-8/h3-4,7-8,11H,2,5-6H2,1H3. The van der Waals surface area contributed by atoms with Crippen molar-refractivity contribution in [3.8, 4) is 0 Å². The number of rotatable bonds is 3. The highest BCUT2D eigenvalue weighted by Gasteiger charge is 2.04. The van der Waals surface area contributed by atoms with Crippen molar-refractivity contribution < 1.29 is 5.11 Å². The number of hydrogen-bond acceptors (Lipinski definition) is 3. The lowest BCUT2D eigenvalue weighted by Crippen LogP contribution is -2.19. The van der Waals surface area contributed by atoms with Gasteiger partial charge in [-0.25, -0.2) is 0 Å². The van der Waals surface area contributed by atoms with E-state index < -0.39 is 0 Å². The van der Waals surface area contributed by atoms with Gasteiger partial charge < -0.3 is 5.11 Å². The Balaban J connectivity index is 2.37. The third kappa shape index (κ3) is 2.35. The number of aliphatic hydroxyl groups excluding tert-OH is 1. The molecular formula is C8H14N2O. The minimum absolute atomic E-state index is 0.151. The van der Waals surface area contributed by atoms with Crippen molar-refractivity contribution in [2.45, 2.75) is 13.3 Å². The fourth-order valence-corrected chi connectivity index (χ4v) is 0.946. The molecule has 0 spiro atoms. The molecule has 0 aromatic heterocycles. The Morgan fingerprint density at radius 2 is 2.45 bits per heavy atom. The topological polar surface area (TPSA) is 35.8 Å². The maximum atomic E-state index is 8.59. The highest BCUT2D eigenvalue weighted by molar-refractivity contribution is 5.63. The van der Waals surface area contributed by atoms with Crippen LogP contribution >= 0.6 is 0 Å². The first kappa shape index (κ1) is 8.27. The molecule has 1 N–H and O–H groups in total. The first-order valence-electron chi connectivity index (χ1n) is 3.96. The van der Waals surface area contributed by atoms with Gasteiger partial charge in [-0.05, 0) is 6.42 Å². The highest BCUT2D eigenvalue weighted by Crippen LogP contribution is 2.07. The van der Waals surface area contributed by atoms with Crippen LogP contribution in [0.3, 0.4) is 0 Å². The minimum atomic E-state index is 0.151. The van der Waals surface area contributed by atoms with Gasteiger partial charge in [0.15, 0.2) is 0 Å². The lowest BCUT2D eigenvalue weighted by Gasteiger charge is -2.18. The molecule has 0 radical (unpaired) electrons. The molecule has 3 nitrogen and oxygen atoms in total. The molecule has 62 valence electrons. The number of nitrogens with zero attached hydrogens (tertiary/aromatic N) is 2. The van der Waals surface area contributed by atoms with Gasteiger partial charge in [-0.15, -0.1) is 0 Å². The van der Waals surface area contributed by atoms with Crippen LogP contribution in [0.25, 0.3) is 0 Å². The van der Waals surface area contributed by atoms with Gasteiger partial charge in [0.05, 0.1) is 13.2 Å². The Kier molecular flexibility index (Phi) is 3.11. The van der Waals surface area contributed by atoms with Crippen molar-refractivity contribution in [2.24, 2.45) is 11.0 Å². The number of hydrazone groups is 1.